The second-order valence-electron chi connectivity index (χ2n) is 4.99. The lowest BCUT2D eigenvalue weighted by Gasteiger charge is -2.28. The standard InChI is InChI=1S/C12H21BrN6/c1-19-6-3-9(4-7-19)2-5-15-11-10(13)12(18-14)17-8-16-11/h8-9H,2-7,14H2,1H3,(H2,15,16,17,18). The van der Waals surface area contributed by atoms with Gasteiger partial charge in [-0.15, -0.1) is 0 Å². The SMILES string of the molecule is CN1CCC(CCNc2ncnc(NN)c2Br)CC1. The number of hydrogen-bond acceptors (Lipinski definition) is 6. The predicted octanol–water partition coefficient (Wildman–Crippen LogP) is 1.67. The molecule has 6 nitrogen and oxygen atoms in total. The van der Waals surface area contributed by atoms with E-state index in [0.717, 1.165) is 22.8 Å². The smallest absolute Gasteiger partial charge is 0.159 e. The molecule has 106 valence electrons. The number of rotatable bonds is 5. The molecule has 2 rings (SSSR count). The van der Waals surface area contributed by atoms with E-state index < -0.39 is 0 Å². The minimum Gasteiger partial charge on any atom is -0.369 e. The van der Waals surface area contributed by atoms with Crippen LogP contribution in [0.25, 0.3) is 0 Å². The Morgan fingerprint density at radius 2 is 2.05 bits per heavy atom. The van der Waals surface area contributed by atoms with Crippen molar-refractivity contribution in [1.82, 2.24) is 14.9 Å². The number of piperidine rings is 1. The fourth-order valence-electron chi connectivity index (χ4n) is 2.34. The molecule has 0 atom stereocenters. The number of likely N-dealkylation sites (tertiary alicyclic amines) is 1. The quantitative estimate of drug-likeness (QED) is 0.563. The number of hydrogen-bond donors (Lipinski definition) is 3. The number of anilines is 2. The largest absolute Gasteiger partial charge is 0.369 e. The third-order valence-corrected chi connectivity index (χ3v) is 4.36. The molecule has 7 heteroatoms. The van der Waals surface area contributed by atoms with E-state index in [0.29, 0.717) is 5.82 Å². The van der Waals surface area contributed by atoms with E-state index in [1.54, 1.807) is 0 Å². The van der Waals surface area contributed by atoms with Crippen molar-refractivity contribution in [3.05, 3.63) is 10.8 Å². The molecule has 4 N–H and O–H groups in total. The molecule has 1 fully saturated rings. The molecule has 0 bridgehead atoms. The van der Waals surface area contributed by atoms with Crippen LogP contribution in [-0.2, 0) is 0 Å². The maximum absolute atomic E-state index is 5.38. The predicted molar refractivity (Wildman–Crippen MR) is 80.9 cm³/mol. The number of halogens is 1. The van der Waals surface area contributed by atoms with Gasteiger partial charge in [-0.1, -0.05) is 0 Å². The first kappa shape index (κ1) is 14.5. The lowest BCUT2D eigenvalue weighted by atomic mass is 9.94. The highest BCUT2D eigenvalue weighted by Crippen LogP contribution is 2.26. The van der Waals surface area contributed by atoms with E-state index in [2.05, 4.69) is 48.6 Å². The lowest BCUT2D eigenvalue weighted by molar-refractivity contribution is 0.215. The zero-order valence-electron chi connectivity index (χ0n) is 11.2. The third-order valence-electron chi connectivity index (χ3n) is 3.61. The van der Waals surface area contributed by atoms with Crippen LogP contribution in [0.3, 0.4) is 0 Å². The maximum atomic E-state index is 5.38. The Hall–Kier alpha value is -0.920. The normalized spacial score (nSPS) is 17.4. The van der Waals surface area contributed by atoms with Crippen LogP contribution in [-0.4, -0.2) is 41.5 Å². The summed E-state index contributed by atoms with van der Waals surface area (Å²) in [6.07, 6.45) is 5.25. The van der Waals surface area contributed by atoms with Crippen LogP contribution in [0.15, 0.2) is 10.8 Å². The minimum atomic E-state index is 0.594. The van der Waals surface area contributed by atoms with Gasteiger partial charge in [-0.2, -0.15) is 0 Å². The van der Waals surface area contributed by atoms with Gasteiger partial charge in [-0.05, 0) is 61.2 Å². The number of nitrogens with zero attached hydrogens (tertiary/aromatic N) is 3. The summed E-state index contributed by atoms with van der Waals surface area (Å²) in [6, 6.07) is 0. The van der Waals surface area contributed by atoms with E-state index >= 15 is 0 Å². The molecule has 1 aliphatic rings. The highest BCUT2D eigenvalue weighted by atomic mass is 79.9. The van der Waals surface area contributed by atoms with Gasteiger partial charge in [-0.25, -0.2) is 15.8 Å². The molecule has 0 unspecified atom stereocenters. The summed E-state index contributed by atoms with van der Waals surface area (Å²) in [5.74, 6) is 7.57. The molecular weight excluding hydrogens is 308 g/mol. The summed E-state index contributed by atoms with van der Waals surface area (Å²) < 4.78 is 0.779. The van der Waals surface area contributed by atoms with Gasteiger partial charge in [0.15, 0.2) is 5.82 Å². The molecule has 1 aromatic rings. The van der Waals surface area contributed by atoms with Crippen LogP contribution in [0.1, 0.15) is 19.3 Å². The number of hydrazine groups is 1. The zero-order chi connectivity index (χ0) is 13.7. The van der Waals surface area contributed by atoms with Crippen LogP contribution in [0, 0.1) is 5.92 Å². The molecule has 0 spiro atoms. The Labute approximate surface area is 122 Å². The topological polar surface area (TPSA) is 79.1 Å². The number of nitrogens with one attached hydrogen (secondary N) is 2. The third kappa shape index (κ3) is 4.02. The average molecular weight is 329 g/mol. The summed E-state index contributed by atoms with van der Waals surface area (Å²) in [7, 11) is 2.19. The monoisotopic (exact) mass is 328 g/mol. The lowest BCUT2D eigenvalue weighted by Crippen LogP contribution is -2.30. The first-order valence-electron chi connectivity index (χ1n) is 6.60. The summed E-state index contributed by atoms with van der Waals surface area (Å²) >= 11 is 3.44. The molecule has 0 aromatic carbocycles. The molecular formula is C12H21BrN6. The van der Waals surface area contributed by atoms with E-state index in [4.69, 9.17) is 5.84 Å². The van der Waals surface area contributed by atoms with Gasteiger partial charge in [-0.3, -0.25) is 0 Å². The van der Waals surface area contributed by atoms with Gasteiger partial charge in [0, 0.05) is 6.54 Å². The van der Waals surface area contributed by atoms with Crippen molar-refractivity contribution < 1.29 is 0 Å². The van der Waals surface area contributed by atoms with E-state index in [1.807, 2.05) is 0 Å². The van der Waals surface area contributed by atoms with Gasteiger partial charge in [0.2, 0.25) is 0 Å². The average Bonchev–Trinajstić information content (AvgIpc) is 2.43. The summed E-state index contributed by atoms with van der Waals surface area (Å²) in [5.41, 5.74) is 2.54. The molecule has 1 aliphatic heterocycles. The van der Waals surface area contributed by atoms with Gasteiger partial charge < -0.3 is 15.6 Å². The first-order valence-corrected chi connectivity index (χ1v) is 7.39. The molecule has 1 saturated heterocycles. The van der Waals surface area contributed by atoms with Crippen molar-refractivity contribution in [2.75, 3.05) is 37.4 Å². The summed E-state index contributed by atoms with van der Waals surface area (Å²) in [6.45, 7) is 3.35. The van der Waals surface area contributed by atoms with Crippen LogP contribution in [0.5, 0.6) is 0 Å². The second kappa shape index (κ2) is 7.02. The molecule has 0 radical (unpaired) electrons. The Bertz CT molecular complexity index is 405. The van der Waals surface area contributed by atoms with Crippen molar-refractivity contribution in [2.45, 2.75) is 19.3 Å². The van der Waals surface area contributed by atoms with Gasteiger partial charge >= 0.3 is 0 Å². The number of nitrogens with two attached hydrogens (primary N) is 1. The van der Waals surface area contributed by atoms with Crippen molar-refractivity contribution in [1.29, 1.82) is 0 Å². The van der Waals surface area contributed by atoms with Crippen molar-refractivity contribution in [3.63, 3.8) is 0 Å². The van der Waals surface area contributed by atoms with E-state index in [9.17, 15) is 0 Å². The summed E-state index contributed by atoms with van der Waals surface area (Å²) in [5, 5.41) is 3.34. The van der Waals surface area contributed by atoms with Crippen molar-refractivity contribution in [2.24, 2.45) is 11.8 Å². The fourth-order valence-corrected chi connectivity index (χ4v) is 2.80. The molecule has 2 heterocycles. The zero-order valence-corrected chi connectivity index (χ0v) is 12.8. The van der Waals surface area contributed by atoms with Gasteiger partial charge in [0.1, 0.15) is 16.6 Å². The Morgan fingerprint density at radius 1 is 1.37 bits per heavy atom. The summed E-state index contributed by atoms with van der Waals surface area (Å²) in [4.78, 5) is 10.6. The Morgan fingerprint density at radius 3 is 2.74 bits per heavy atom. The van der Waals surface area contributed by atoms with Gasteiger partial charge in [0.25, 0.3) is 0 Å². The van der Waals surface area contributed by atoms with Crippen LogP contribution in [0.4, 0.5) is 11.6 Å². The fraction of sp³-hybridized carbons (Fsp3) is 0.667. The van der Waals surface area contributed by atoms with Gasteiger partial charge in [0.05, 0.1) is 0 Å². The highest BCUT2D eigenvalue weighted by molar-refractivity contribution is 9.10. The Balaban J connectivity index is 1.79. The molecule has 0 amide bonds. The van der Waals surface area contributed by atoms with Crippen LogP contribution in [0.2, 0.25) is 0 Å². The molecule has 19 heavy (non-hydrogen) atoms. The highest BCUT2D eigenvalue weighted by Gasteiger charge is 2.16. The molecule has 0 aliphatic carbocycles. The van der Waals surface area contributed by atoms with E-state index in [1.165, 1.54) is 38.7 Å². The number of aromatic nitrogens is 2. The molecule has 1 aromatic heterocycles. The van der Waals surface area contributed by atoms with Crippen molar-refractivity contribution >= 4 is 27.6 Å². The molecule has 0 saturated carbocycles. The van der Waals surface area contributed by atoms with Crippen LogP contribution >= 0.6 is 15.9 Å². The van der Waals surface area contributed by atoms with E-state index in [-0.39, 0.29) is 0 Å². The Kier molecular flexibility index (Phi) is 5.35. The first-order chi connectivity index (χ1) is 9.20. The second-order valence-corrected chi connectivity index (χ2v) is 5.78. The maximum Gasteiger partial charge on any atom is 0.159 e. The van der Waals surface area contributed by atoms with Crippen LogP contribution < -0.4 is 16.6 Å². The van der Waals surface area contributed by atoms with Crippen molar-refractivity contribution in [3.8, 4) is 0 Å². The minimum absolute atomic E-state index is 0.594. The number of nitrogen functional groups attached to an aromatic ring is 1.